The molecule has 2 nitrogen and oxygen atoms in total. The molecular weight excluding hydrogens is 222 g/mol. The van der Waals surface area contributed by atoms with Crippen LogP contribution in [0.25, 0.3) is 0 Å². The molecule has 1 aromatic carbocycles. The van der Waals surface area contributed by atoms with Gasteiger partial charge in [0.25, 0.3) is 0 Å². The molecule has 0 amide bonds. The summed E-state index contributed by atoms with van der Waals surface area (Å²) in [6.45, 7) is 1.92. The maximum absolute atomic E-state index is 5.42. The summed E-state index contributed by atoms with van der Waals surface area (Å²) in [6.07, 6.45) is 6.19. The number of hydrogen-bond donors (Lipinski definition) is 1. The fourth-order valence-corrected chi connectivity index (χ4v) is 2.75. The number of benzene rings is 1. The van der Waals surface area contributed by atoms with E-state index in [1.165, 1.54) is 37.7 Å². The van der Waals surface area contributed by atoms with E-state index in [1.54, 1.807) is 0 Å². The molecule has 2 heteroatoms. The quantitative estimate of drug-likeness (QED) is 0.834. The largest absolute Gasteiger partial charge is 0.381 e. The second-order valence-corrected chi connectivity index (χ2v) is 5.30. The summed E-state index contributed by atoms with van der Waals surface area (Å²) in [6, 6.07) is 11.4. The highest BCUT2D eigenvalue weighted by atomic mass is 16.5. The molecule has 1 heterocycles. The predicted molar refractivity (Wildman–Crippen MR) is 75.8 cm³/mol. The first-order valence-corrected chi connectivity index (χ1v) is 7.17. The molecule has 0 aliphatic carbocycles. The van der Waals surface area contributed by atoms with E-state index in [9.17, 15) is 0 Å². The number of hydrogen-bond acceptors (Lipinski definition) is 2. The van der Waals surface area contributed by atoms with Gasteiger partial charge in [-0.2, -0.15) is 0 Å². The molecule has 1 atom stereocenters. The smallest absolute Gasteiger partial charge is 0.0468 e. The third-order valence-corrected chi connectivity index (χ3v) is 3.99. The van der Waals surface area contributed by atoms with E-state index in [0.717, 1.165) is 19.1 Å². The van der Waals surface area contributed by atoms with E-state index in [4.69, 9.17) is 4.74 Å². The minimum Gasteiger partial charge on any atom is -0.381 e. The van der Waals surface area contributed by atoms with E-state index in [0.29, 0.717) is 6.04 Å². The molecule has 1 aliphatic heterocycles. The van der Waals surface area contributed by atoms with Crippen molar-refractivity contribution in [2.75, 3.05) is 20.3 Å². The minimum absolute atomic E-state index is 0.647. The molecule has 0 spiro atoms. The van der Waals surface area contributed by atoms with Gasteiger partial charge in [-0.25, -0.2) is 0 Å². The second-order valence-electron chi connectivity index (χ2n) is 5.30. The lowest BCUT2D eigenvalue weighted by molar-refractivity contribution is 0.0605. The lowest BCUT2D eigenvalue weighted by atomic mass is 9.90. The van der Waals surface area contributed by atoms with Gasteiger partial charge in [0.2, 0.25) is 0 Å². The number of aryl methyl sites for hydroxylation is 1. The van der Waals surface area contributed by atoms with Gasteiger partial charge in [0.15, 0.2) is 0 Å². The maximum atomic E-state index is 5.42. The monoisotopic (exact) mass is 247 g/mol. The summed E-state index contributed by atoms with van der Waals surface area (Å²) in [4.78, 5) is 0. The van der Waals surface area contributed by atoms with Crippen LogP contribution < -0.4 is 5.32 Å². The third-order valence-electron chi connectivity index (χ3n) is 3.99. The van der Waals surface area contributed by atoms with Gasteiger partial charge >= 0.3 is 0 Å². The average molecular weight is 247 g/mol. The highest BCUT2D eigenvalue weighted by Crippen LogP contribution is 2.21. The van der Waals surface area contributed by atoms with Crippen LogP contribution in [0.15, 0.2) is 30.3 Å². The lowest BCUT2D eigenvalue weighted by Crippen LogP contribution is -2.30. The molecule has 0 saturated carbocycles. The highest BCUT2D eigenvalue weighted by molar-refractivity contribution is 5.14. The van der Waals surface area contributed by atoms with Crippen molar-refractivity contribution in [2.24, 2.45) is 5.92 Å². The fourth-order valence-electron chi connectivity index (χ4n) is 2.75. The van der Waals surface area contributed by atoms with Crippen molar-refractivity contribution in [2.45, 2.75) is 38.1 Å². The third kappa shape index (κ3) is 4.43. The van der Waals surface area contributed by atoms with Crippen molar-refractivity contribution in [1.29, 1.82) is 0 Å². The molecule has 1 fully saturated rings. The zero-order valence-corrected chi connectivity index (χ0v) is 11.4. The van der Waals surface area contributed by atoms with Crippen LogP contribution in [-0.2, 0) is 11.2 Å². The Balaban J connectivity index is 1.74. The maximum Gasteiger partial charge on any atom is 0.0468 e. The van der Waals surface area contributed by atoms with Crippen LogP contribution in [0.1, 0.15) is 31.2 Å². The molecule has 18 heavy (non-hydrogen) atoms. The van der Waals surface area contributed by atoms with E-state index in [-0.39, 0.29) is 0 Å². The fraction of sp³-hybridized carbons (Fsp3) is 0.625. The zero-order valence-electron chi connectivity index (χ0n) is 11.4. The molecule has 1 saturated heterocycles. The SMILES string of the molecule is CNC(CCc1ccccc1)CC1CCOCC1. The number of ether oxygens (including phenoxy) is 1. The molecule has 1 N–H and O–H groups in total. The average Bonchev–Trinajstić information content (AvgIpc) is 2.45. The van der Waals surface area contributed by atoms with Gasteiger partial charge in [0.05, 0.1) is 0 Å². The molecule has 0 aromatic heterocycles. The Labute approximate surface area is 111 Å². The van der Waals surface area contributed by atoms with Crippen LogP contribution in [-0.4, -0.2) is 26.3 Å². The highest BCUT2D eigenvalue weighted by Gasteiger charge is 2.18. The van der Waals surface area contributed by atoms with Crippen LogP contribution in [0.5, 0.6) is 0 Å². The summed E-state index contributed by atoms with van der Waals surface area (Å²) in [7, 11) is 2.09. The predicted octanol–water partition coefficient (Wildman–Crippen LogP) is 3.02. The summed E-state index contributed by atoms with van der Waals surface area (Å²) in [5.41, 5.74) is 1.45. The Morgan fingerprint density at radius 2 is 1.94 bits per heavy atom. The normalized spacial score (nSPS) is 18.7. The molecule has 0 radical (unpaired) electrons. The van der Waals surface area contributed by atoms with Crippen molar-refractivity contribution in [3.8, 4) is 0 Å². The first kappa shape index (κ1) is 13.6. The lowest BCUT2D eigenvalue weighted by Gasteiger charge is -2.26. The number of nitrogens with one attached hydrogen (secondary N) is 1. The summed E-state index contributed by atoms with van der Waals surface area (Å²) in [5.74, 6) is 0.854. The number of rotatable bonds is 6. The Morgan fingerprint density at radius 1 is 1.22 bits per heavy atom. The van der Waals surface area contributed by atoms with Gasteiger partial charge in [0, 0.05) is 19.3 Å². The topological polar surface area (TPSA) is 21.3 Å². The molecule has 1 unspecified atom stereocenters. The van der Waals surface area contributed by atoms with Crippen LogP contribution >= 0.6 is 0 Å². The second kappa shape index (κ2) is 7.55. The van der Waals surface area contributed by atoms with Crippen LogP contribution in [0.2, 0.25) is 0 Å². The molecular formula is C16H25NO. The first-order chi connectivity index (χ1) is 8.88. The summed E-state index contributed by atoms with van der Waals surface area (Å²) >= 11 is 0. The van der Waals surface area contributed by atoms with Gasteiger partial charge in [-0.15, -0.1) is 0 Å². The van der Waals surface area contributed by atoms with Gasteiger partial charge < -0.3 is 10.1 Å². The van der Waals surface area contributed by atoms with Crippen LogP contribution in [0, 0.1) is 5.92 Å². The molecule has 2 rings (SSSR count). The van der Waals surface area contributed by atoms with E-state index >= 15 is 0 Å². The van der Waals surface area contributed by atoms with Gasteiger partial charge in [-0.3, -0.25) is 0 Å². The van der Waals surface area contributed by atoms with Crippen molar-refractivity contribution in [3.63, 3.8) is 0 Å². The Kier molecular flexibility index (Phi) is 5.69. The molecule has 0 bridgehead atoms. The molecule has 100 valence electrons. The van der Waals surface area contributed by atoms with Crippen LogP contribution in [0.3, 0.4) is 0 Å². The van der Waals surface area contributed by atoms with Gasteiger partial charge in [-0.1, -0.05) is 30.3 Å². The van der Waals surface area contributed by atoms with Crippen molar-refractivity contribution in [3.05, 3.63) is 35.9 Å². The van der Waals surface area contributed by atoms with E-state index < -0.39 is 0 Å². The minimum atomic E-state index is 0.647. The molecule has 1 aliphatic rings. The van der Waals surface area contributed by atoms with E-state index in [2.05, 4.69) is 42.7 Å². The van der Waals surface area contributed by atoms with Gasteiger partial charge in [-0.05, 0) is 50.6 Å². The first-order valence-electron chi connectivity index (χ1n) is 7.17. The Hall–Kier alpha value is -0.860. The Bertz CT molecular complexity index is 319. The van der Waals surface area contributed by atoms with E-state index in [1.807, 2.05) is 0 Å². The Morgan fingerprint density at radius 3 is 2.61 bits per heavy atom. The zero-order chi connectivity index (χ0) is 12.6. The molecule has 1 aromatic rings. The standard InChI is InChI=1S/C16H25NO/c1-17-16(13-15-9-11-18-12-10-15)8-7-14-5-3-2-4-6-14/h2-6,15-17H,7-13H2,1H3. The van der Waals surface area contributed by atoms with Crippen molar-refractivity contribution < 1.29 is 4.74 Å². The van der Waals surface area contributed by atoms with Crippen molar-refractivity contribution in [1.82, 2.24) is 5.32 Å². The van der Waals surface area contributed by atoms with Crippen molar-refractivity contribution >= 4 is 0 Å². The van der Waals surface area contributed by atoms with Crippen LogP contribution in [0.4, 0.5) is 0 Å². The summed E-state index contributed by atoms with van der Waals surface area (Å²) in [5, 5.41) is 3.48. The summed E-state index contributed by atoms with van der Waals surface area (Å²) < 4.78 is 5.42. The van der Waals surface area contributed by atoms with Gasteiger partial charge in [0.1, 0.15) is 0 Å².